The van der Waals surface area contributed by atoms with E-state index in [9.17, 15) is 18.5 Å². The van der Waals surface area contributed by atoms with Crippen molar-refractivity contribution in [1.82, 2.24) is 4.72 Å². The summed E-state index contributed by atoms with van der Waals surface area (Å²) in [6, 6.07) is 2.57. The predicted octanol–water partition coefficient (Wildman–Crippen LogP) is 2.41. The van der Waals surface area contributed by atoms with Crippen molar-refractivity contribution in [3.8, 4) is 0 Å². The molecule has 0 radical (unpaired) electrons. The standard InChI is InChI=1S/C13H21N3O4S/c1-4-5-6-7-15-21(19,20)13-9-12(16(17)18)11(14-3)8-10(13)2/h8-9,14-15H,4-7H2,1-3H3. The fraction of sp³-hybridized carbons (Fsp3) is 0.538. The average molecular weight is 315 g/mol. The quantitative estimate of drug-likeness (QED) is 0.436. The highest BCUT2D eigenvalue weighted by Crippen LogP contribution is 2.30. The van der Waals surface area contributed by atoms with Gasteiger partial charge in [0.05, 0.1) is 9.82 Å². The lowest BCUT2D eigenvalue weighted by Crippen LogP contribution is -2.25. The molecule has 0 saturated heterocycles. The van der Waals surface area contributed by atoms with Gasteiger partial charge in [-0.2, -0.15) is 0 Å². The molecule has 1 rings (SSSR count). The molecule has 1 aromatic rings. The summed E-state index contributed by atoms with van der Waals surface area (Å²) in [5.74, 6) is 0. The number of sulfonamides is 1. The van der Waals surface area contributed by atoms with Gasteiger partial charge < -0.3 is 5.32 Å². The Hall–Kier alpha value is -1.67. The molecule has 0 unspecified atom stereocenters. The first-order valence-corrected chi connectivity index (χ1v) is 8.28. The van der Waals surface area contributed by atoms with Gasteiger partial charge in [-0.05, 0) is 25.0 Å². The molecule has 0 fully saturated rings. The SMILES string of the molecule is CCCCCNS(=O)(=O)c1cc([N+](=O)[O-])c(NC)cc1C. The van der Waals surface area contributed by atoms with Crippen LogP contribution in [0.2, 0.25) is 0 Å². The smallest absolute Gasteiger partial charge is 0.293 e. The fourth-order valence-electron chi connectivity index (χ4n) is 1.98. The van der Waals surface area contributed by atoms with Crippen LogP contribution in [0.1, 0.15) is 31.7 Å². The Morgan fingerprint density at radius 1 is 1.29 bits per heavy atom. The molecule has 8 heteroatoms. The summed E-state index contributed by atoms with van der Waals surface area (Å²) in [4.78, 5) is 10.4. The molecule has 0 saturated carbocycles. The van der Waals surface area contributed by atoms with E-state index in [2.05, 4.69) is 10.0 Å². The summed E-state index contributed by atoms with van der Waals surface area (Å²) in [6.07, 6.45) is 2.66. The number of benzene rings is 1. The van der Waals surface area contributed by atoms with Crippen molar-refractivity contribution >= 4 is 21.4 Å². The third-order valence-electron chi connectivity index (χ3n) is 3.12. The molecule has 2 N–H and O–H groups in total. The molecular formula is C13H21N3O4S. The molecule has 0 atom stereocenters. The molecule has 21 heavy (non-hydrogen) atoms. The van der Waals surface area contributed by atoms with Crippen LogP contribution in [0.3, 0.4) is 0 Å². The van der Waals surface area contributed by atoms with Crippen molar-refractivity contribution in [2.75, 3.05) is 18.9 Å². The number of nitrogens with one attached hydrogen (secondary N) is 2. The normalized spacial score (nSPS) is 11.4. The van der Waals surface area contributed by atoms with Gasteiger partial charge in [0, 0.05) is 19.7 Å². The summed E-state index contributed by atoms with van der Waals surface area (Å²) >= 11 is 0. The maximum absolute atomic E-state index is 12.2. The van der Waals surface area contributed by atoms with Gasteiger partial charge >= 0.3 is 0 Å². The Balaban J connectivity index is 3.11. The summed E-state index contributed by atoms with van der Waals surface area (Å²) in [6.45, 7) is 3.97. The monoisotopic (exact) mass is 315 g/mol. The molecule has 1 aromatic carbocycles. The maximum atomic E-state index is 12.2. The second-order valence-corrected chi connectivity index (χ2v) is 6.48. The number of anilines is 1. The van der Waals surface area contributed by atoms with Crippen LogP contribution < -0.4 is 10.0 Å². The van der Waals surface area contributed by atoms with Gasteiger partial charge in [-0.3, -0.25) is 10.1 Å². The highest BCUT2D eigenvalue weighted by Gasteiger charge is 2.23. The first-order valence-electron chi connectivity index (χ1n) is 6.80. The molecule has 0 heterocycles. The van der Waals surface area contributed by atoms with Crippen LogP contribution in [0, 0.1) is 17.0 Å². The third kappa shape index (κ3) is 4.40. The molecule has 0 amide bonds. The van der Waals surface area contributed by atoms with Crippen LogP contribution >= 0.6 is 0 Å². The third-order valence-corrected chi connectivity index (χ3v) is 4.72. The Morgan fingerprint density at radius 2 is 1.95 bits per heavy atom. The zero-order chi connectivity index (χ0) is 16.0. The highest BCUT2D eigenvalue weighted by atomic mass is 32.2. The lowest BCUT2D eigenvalue weighted by atomic mass is 10.2. The van der Waals surface area contributed by atoms with Crippen molar-refractivity contribution in [1.29, 1.82) is 0 Å². The molecule has 0 aliphatic heterocycles. The van der Waals surface area contributed by atoms with Crippen molar-refractivity contribution in [2.24, 2.45) is 0 Å². The number of aryl methyl sites for hydroxylation is 1. The fourth-order valence-corrected chi connectivity index (χ4v) is 3.30. The van der Waals surface area contributed by atoms with Gasteiger partial charge in [0.15, 0.2) is 0 Å². The van der Waals surface area contributed by atoms with E-state index in [0.29, 0.717) is 17.8 Å². The number of unbranched alkanes of at least 4 members (excludes halogenated alkanes) is 2. The number of nitro benzene ring substituents is 1. The maximum Gasteiger partial charge on any atom is 0.293 e. The van der Waals surface area contributed by atoms with Crippen molar-refractivity contribution < 1.29 is 13.3 Å². The van der Waals surface area contributed by atoms with Gasteiger partial charge in [-0.15, -0.1) is 0 Å². The molecule has 0 spiro atoms. The Bertz CT molecular complexity index is 614. The second-order valence-electron chi connectivity index (χ2n) is 4.75. The zero-order valence-electron chi connectivity index (χ0n) is 12.5. The van der Waals surface area contributed by atoms with E-state index in [-0.39, 0.29) is 10.6 Å². The Kier molecular flexibility index (Phi) is 6.10. The molecule has 0 aliphatic carbocycles. The number of hydrogen-bond acceptors (Lipinski definition) is 5. The predicted molar refractivity (Wildman–Crippen MR) is 82.1 cm³/mol. The second kappa shape index (κ2) is 7.37. The van der Waals surface area contributed by atoms with E-state index < -0.39 is 14.9 Å². The van der Waals surface area contributed by atoms with Crippen LogP contribution in [0.15, 0.2) is 17.0 Å². The van der Waals surface area contributed by atoms with Crippen molar-refractivity contribution in [2.45, 2.75) is 38.0 Å². The van der Waals surface area contributed by atoms with Crippen LogP contribution in [0.25, 0.3) is 0 Å². The summed E-state index contributed by atoms with van der Waals surface area (Å²) < 4.78 is 27.0. The van der Waals surface area contributed by atoms with E-state index in [4.69, 9.17) is 0 Å². The van der Waals surface area contributed by atoms with E-state index in [1.165, 1.54) is 6.07 Å². The van der Waals surface area contributed by atoms with Gasteiger partial charge in [0.2, 0.25) is 10.0 Å². The van der Waals surface area contributed by atoms with Crippen LogP contribution in [0.4, 0.5) is 11.4 Å². The summed E-state index contributed by atoms with van der Waals surface area (Å²) in [7, 11) is -2.18. The van der Waals surface area contributed by atoms with Gasteiger partial charge in [0.1, 0.15) is 5.69 Å². The van der Waals surface area contributed by atoms with Crippen LogP contribution in [0.5, 0.6) is 0 Å². The highest BCUT2D eigenvalue weighted by molar-refractivity contribution is 7.89. The van der Waals surface area contributed by atoms with Crippen LogP contribution in [-0.2, 0) is 10.0 Å². The number of nitrogens with zero attached hydrogens (tertiary/aromatic N) is 1. The summed E-state index contributed by atoms with van der Waals surface area (Å²) in [5, 5.41) is 13.7. The molecule has 0 aliphatic rings. The van der Waals surface area contributed by atoms with E-state index in [1.54, 1.807) is 14.0 Å². The van der Waals surface area contributed by atoms with E-state index in [0.717, 1.165) is 25.3 Å². The summed E-state index contributed by atoms with van der Waals surface area (Å²) in [5.41, 5.74) is 0.507. The topological polar surface area (TPSA) is 101 Å². The molecule has 0 aromatic heterocycles. The number of nitro groups is 1. The largest absolute Gasteiger partial charge is 0.383 e. The van der Waals surface area contributed by atoms with Gasteiger partial charge in [-0.25, -0.2) is 13.1 Å². The average Bonchev–Trinajstić information content (AvgIpc) is 2.42. The van der Waals surface area contributed by atoms with E-state index >= 15 is 0 Å². The minimum Gasteiger partial charge on any atom is -0.383 e. The van der Waals surface area contributed by atoms with Crippen molar-refractivity contribution in [3.05, 3.63) is 27.8 Å². The zero-order valence-corrected chi connectivity index (χ0v) is 13.3. The van der Waals surface area contributed by atoms with Crippen LogP contribution in [-0.4, -0.2) is 26.9 Å². The first-order chi connectivity index (χ1) is 9.83. The molecule has 7 nitrogen and oxygen atoms in total. The molecule has 0 bridgehead atoms. The lowest BCUT2D eigenvalue weighted by Gasteiger charge is -2.11. The van der Waals surface area contributed by atoms with Gasteiger partial charge in [0.25, 0.3) is 5.69 Å². The molecule has 118 valence electrons. The van der Waals surface area contributed by atoms with E-state index in [1.807, 2.05) is 6.92 Å². The minimum absolute atomic E-state index is 0.0512. The Labute approximate surface area is 124 Å². The van der Waals surface area contributed by atoms with Crippen molar-refractivity contribution in [3.63, 3.8) is 0 Å². The lowest BCUT2D eigenvalue weighted by molar-refractivity contribution is -0.384. The molecular weight excluding hydrogens is 294 g/mol. The number of hydrogen-bond donors (Lipinski definition) is 2. The number of rotatable bonds is 8. The first kappa shape index (κ1) is 17.4. The Morgan fingerprint density at radius 3 is 2.48 bits per heavy atom. The minimum atomic E-state index is -3.73. The van der Waals surface area contributed by atoms with Gasteiger partial charge in [-0.1, -0.05) is 19.8 Å².